The van der Waals surface area contributed by atoms with Gasteiger partial charge >= 0.3 is 0 Å². The molecule has 0 spiro atoms. The maximum atomic E-state index is 5.75. The first kappa shape index (κ1) is 10.5. The first-order valence-electron chi connectivity index (χ1n) is 5.83. The van der Waals surface area contributed by atoms with Crippen molar-refractivity contribution in [2.45, 2.75) is 26.2 Å². The first-order valence-corrected chi connectivity index (χ1v) is 5.83. The van der Waals surface area contributed by atoms with Crippen LogP contribution in [0.2, 0.25) is 0 Å². The van der Waals surface area contributed by atoms with Crippen molar-refractivity contribution < 1.29 is 0 Å². The molecule has 2 rings (SSSR count). The Morgan fingerprint density at radius 2 is 2.33 bits per heavy atom. The van der Waals surface area contributed by atoms with Crippen LogP contribution in [-0.2, 0) is 6.42 Å². The van der Waals surface area contributed by atoms with E-state index >= 15 is 0 Å². The van der Waals surface area contributed by atoms with Crippen molar-refractivity contribution in [2.24, 2.45) is 11.7 Å². The summed E-state index contributed by atoms with van der Waals surface area (Å²) in [6.45, 7) is 6.24. The van der Waals surface area contributed by atoms with Crippen molar-refractivity contribution in [1.82, 2.24) is 0 Å². The molecule has 3 N–H and O–H groups in total. The molecular weight excluding hydrogens is 184 g/mol. The van der Waals surface area contributed by atoms with Crippen molar-refractivity contribution in [3.8, 4) is 0 Å². The molecule has 82 valence electrons. The molecule has 0 aromatic heterocycles. The summed E-state index contributed by atoms with van der Waals surface area (Å²) in [6.07, 6.45) is 1.11. The van der Waals surface area contributed by atoms with Gasteiger partial charge in [0.05, 0.1) is 0 Å². The molecule has 0 fully saturated rings. The number of fused-ring (bicyclic) bond motifs is 1. The third-order valence-electron chi connectivity index (χ3n) is 3.49. The number of nitrogens with two attached hydrogens (primary N) is 1. The molecule has 2 atom stereocenters. The number of hydrogen-bond donors (Lipinski definition) is 2. The Balaban J connectivity index is 2.31. The lowest BCUT2D eigenvalue weighted by atomic mass is 9.88. The van der Waals surface area contributed by atoms with Gasteiger partial charge in [-0.05, 0) is 36.1 Å². The van der Waals surface area contributed by atoms with Gasteiger partial charge in [0, 0.05) is 18.2 Å². The third-order valence-corrected chi connectivity index (χ3v) is 3.49. The molecule has 1 aliphatic heterocycles. The van der Waals surface area contributed by atoms with Gasteiger partial charge in [0.15, 0.2) is 0 Å². The van der Waals surface area contributed by atoms with Crippen LogP contribution in [0.1, 0.15) is 30.9 Å². The Hall–Kier alpha value is -1.02. The molecule has 2 nitrogen and oxygen atoms in total. The van der Waals surface area contributed by atoms with E-state index in [1.165, 1.54) is 16.8 Å². The Morgan fingerprint density at radius 3 is 3.00 bits per heavy atom. The van der Waals surface area contributed by atoms with Crippen LogP contribution < -0.4 is 11.1 Å². The number of anilines is 1. The zero-order chi connectivity index (χ0) is 10.8. The van der Waals surface area contributed by atoms with Crippen molar-refractivity contribution in [2.75, 3.05) is 18.4 Å². The molecule has 2 unspecified atom stereocenters. The highest BCUT2D eigenvalue weighted by Gasteiger charge is 2.26. The second-order valence-corrected chi connectivity index (χ2v) is 4.48. The van der Waals surface area contributed by atoms with Gasteiger partial charge in [-0.25, -0.2) is 0 Å². The summed E-state index contributed by atoms with van der Waals surface area (Å²) >= 11 is 0. The van der Waals surface area contributed by atoms with Gasteiger partial charge in [0.2, 0.25) is 0 Å². The Kier molecular flexibility index (Phi) is 2.96. The lowest BCUT2D eigenvalue weighted by Gasteiger charge is -2.17. The van der Waals surface area contributed by atoms with Crippen LogP contribution >= 0.6 is 0 Å². The summed E-state index contributed by atoms with van der Waals surface area (Å²) in [4.78, 5) is 0. The van der Waals surface area contributed by atoms with E-state index < -0.39 is 0 Å². The lowest BCUT2D eigenvalue weighted by Crippen LogP contribution is -2.20. The normalized spacial score (nSPS) is 20.9. The van der Waals surface area contributed by atoms with Gasteiger partial charge in [-0.3, -0.25) is 0 Å². The van der Waals surface area contributed by atoms with Crippen molar-refractivity contribution in [3.63, 3.8) is 0 Å². The van der Waals surface area contributed by atoms with Crippen molar-refractivity contribution >= 4 is 5.69 Å². The minimum Gasteiger partial charge on any atom is -0.384 e. The number of aryl methyl sites for hydroxylation is 1. The van der Waals surface area contributed by atoms with E-state index in [-0.39, 0.29) is 0 Å². The van der Waals surface area contributed by atoms with E-state index in [1.807, 2.05) is 0 Å². The molecule has 1 aliphatic rings. The maximum Gasteiger partial charge on any atom is 0.0376 e. The molecule has 0 saturated carbocycles. The molecular formula is C13H20N2. The fourth-order valence-electron chi connectivity index (χ4n) is 2.30. The SMILES string of the molecule is CCc1ccc2c(c1)C(C(C)CN)CN2. The van der Waals surface area contributed by atoms with Crippen LogP contribution in [-0.4, -0.2) is 13.1 Å². The fraction of sp³-hybridized carbons (Fsp3) is 0.538. The highest BCUT2D eigenvalue weighted by Crippen LogP contribution is 2.36. The molecule has 15 heavy (non-hydrogen) atoms. The third kappa shape index (κ3) is 1.86. The second kappa shape index (κ2) is 4.23. The second-order valence-electron chi connectivity index (χ2n) is 4.48. The Morgan fingerprint density at radius 1 is 1.53 bits per heavy atom. The van der Waals surface area contributed by atoms with Crippen LogP contribution in [0.4, 0.5) is 5.69 Å². The smallest absolute Gasteiger partial charge is 0.0376 e. The highest BCUT2D eigenvalue weighted by molar-refractivity contribution is 5.59. The van der Waals surface area contributed by atoms with E-state index in [0.717, 1.165) is 19.5 Å². The maximum absolute atomic E-state index is 5.75. The number of rotatable bonds is 3. The molecule has 1 heterocycles. The quantitative estimate of drug-likeness (QED) is 0.793. The molecule has 0 bridgehead atoms. The summed E-state index contributed by atoms with van der Waals surface area (Å²) in [5, 5.41) is 3.46. The minimum absolute atomic E-state index is 0.561. The van der Waals surface area contributed by atoms with E-state index in [0.29, 0.717) is 11.8 Å². The zero-order valence-corrected chi connectivity index (χ0v) is 9.59. The van der Waals surface area contributed by atoms with Crippen LogP contribution in [0.5, 0.6) is 0 Å². The predicted octanol–water partition coefficient (Wildman–Crippen LogP) is 2.35. The fourth-order valence-corrected chi connectivity index (χ4v) is 2.30. The average Bonchev–Trinajstić information content (AvgIpc) is 2.70. The van der Waals surface area contributed by atoms with Crippen molar-refractivity contribution in [1.29, 1.82) is 0 Å². The predicted molar refractivity (Wildman–Crippen MR) is 65.3 cm³/mol. The number of nitrogens with one attached hydrogen (secondary N) is 1. The molecule has 1 aromatic rings. The van der Waals surface area contributed by atoms with E-state index in [9.17, 15) is 0 Å². The molecule has 2 heteroatoms. The number of hydrogen-bond acceptors (Lipinski definition) is 2. The molecule has 0 aliphatic carbocycles. The zero-order valence-electron chi connectivity index (χ0n) is 9.59. The monoisotopic (exact) mass is 204 g/mol. The Labute approximate surface area is 91.9 Å². The van der Waals surface area contributed by atoms with Gasteiger partial charge in [-0.2, -0.15) is 0 Å². The summed E-state index contributed by atoms with van der Waals surface area (Å²) < 4.78 is 0. The van der Waals surface area contributed by atoms with Gasteiger partial charge in [0.25, 0.3) is 0 Å². The van der Waals surface area contributed by atoms with Gasteiger partial charge < -0.3 is 11.1 Å². The molecule has 1 aromatic carbocycles. The standard InChI is InChI=1S/C13H20N2/c1-3-10-4-5-13-11(6-10)12(8-15-13)9(2)7-14/h4-6,9,12,15H,3,7-8,14H2,1-2H3. The van der Waals surface area contributed by atoms with Gasteiger partial charge in [0.1, 0.15) is 0 Å². The van der Waals surface area contributed by atoms with Crippen molar-refractivity contribution in [3.05, 3.63) is 29.3 Å². The topological polar surface area (TPSA) is 38.0 Å². The van der Waals surface area contributed by atoms with Gasteiger partial charge in [-0.15, -0.1) is 0 Å². The molecule has 0 amide bonds. The first-order chi connectivity index (χ1) is 7.26. The van der Waals surface area contributed by atoms with Crippen LogP contribution in [0.15, 0.2) is 18.2 Å². The van der Waals surface area contributed by atoms with Crippen LogP contribution in [0, 0.1) is 5.92 Å². The molecule has 0 saturated heterocycles. The van der Waals surface area contributed by atoms with E-state index in [4.69, 9.17) is 5.73 Å². The molecule has 0 radical (unpaired) electrons. The minimum atomic E-state index is 0.561. The Bertz CT molecular complexity index is 346. The summed E-state index contributed by atoms with van der Waals surface area (Å²) in [5.74, 6) is 1.15. The average molecular weight is 204 g/mol. The summed E-state index contributed by atoms with van der Waals surface area (Å²) in [7, 11) is 0. The van der Waals surface area contributed by atoms with Crippen LogP contribution in [0.3, 0.4) is 0 Å². The summed E-state index contributed by atoms with van der Waals surface area (Å²) in [6, 6.07) is 6.75. The van der Waals surface area contributed by atoms with E-state index in [1.54, 1.807) is 0 Å². The van der Waals surface area contributed by atoms with Gasteiger partial charge in [-0.1, -0.05) is 26.0 Å². The summed E-state index contributed by atoms with van der Waals surface area (Å²) in [5.41, 5.74) is 9.94. The number of benzene rings is 1. The highest BCUT2D eigenvalue weighted by atomic mass is 14.9. The van der Waals surface area contributed by atoms with Crippen LogP contribution in [0.25, 0.3) is 0 Å². The largest absolute Gasteiger partial charge is 0.384 e. The van der Waals surface area contributed by atoms with E-state index in [2.05, 4.69) is 37.4 Å². The lowest BCUT2D eigenvalue weighted by molar-refractivity contribution is 0.497.